The Kier molecular flexibility index (Phi) is 7.48. The topological polar surface area (TPSA) is 68.3 Å². The first-order valence-electron chi connectivity index (χ1n) is 7.35. The van der Waals surface area contributed by atoms with Gasteiger partial charge >= 0.3 is 0 Å². The number of aromatic nitrogens is 1. The van der Waals surface area contributed by atoms with Crippen LogP contribution in [0, 0.1) is 0 Å². The molecule has 0 aliphatic rings. The van der Waals surface area contributed by atoms with Gasteiger partial charge in [-0.15, -0.1) is 12.4 Å². The highest BCUT2D eigenvalue weighted by atomic mass is 35.5. The van der Waals surface area contributed by atoms with Gasteiger partial charge in [0, 0.05) is 36.9 Å². The standard InChI is InChI=1S/C17H20ClN3O2.ClH/c1-12(9-19)20(2)17(23)14-7-8-16(22)21(11-14)10-13-5-3-4-6-15(13)18;/h3-8,11-12H,9-10,19H2,1-2H3;1H. The molecule has 130 valence electrons. The summed E-state index contributed by atoms with van der Waals surface area (Å²) in [5, 5.41) is 0.588. The number of benzene rings is 1. The van der Waals surface area contributed by atoms with Crippen LogP contribution in [-0.2, 0) is 6.54 Å². The second-order valence-corrected chi connectivity index (χ2v) is 5.88. The molecule has 0 saturated heterocycles. The van der Waals surface area contributed by atoms with E-state index in [4.69, 9.17) is 17.3 Å². The van der Waals surface area contributed by atoms with E-state index in [0.717, 1.165) is 5.56 Å². The molecule has 0 radical (unpaired) electrons. The molecule has 0 saturated carbocycles. The molecule has 0 bridgehead atoms. The number of carbonyl (C=O) groups excluding carboxylic acids is 1. The van der Waals surface area contributed by atoms with E-state index < -0.39 is 0 Å². The molecule has 1 unspecified atom stereocenters. The smallest absolute Gasteiger partial charge is 0.255 e. The minimum atomic E-state index is -0.184. The average molecular weight is 370 g/mol. The van der Waals surface area contributed by atoms with Crippen LogP contribution in [-0.4, -0.2) is 35.0 Å². The van der Waals surface area contributed by atoms with Crippen molar-refractivity contribution in [3.8, 4) is 0 Å². The molecule has 0 aliphatic heterocycles. The van der Waals surface area contributed by atoms with Gasteiger partial charge in [-0.05, 0) is 24.6 Å². The summed E-state index contributed by atoms with van der Waals surface area (Å²) >= 11 is 6.14. The second kappa shape index (κ2) is 8.87. The fraction of sp³-hybridized carbons (Fsp3) is 0.294. The van der Waals surface area contributed by atoms with Gasteiger partial charge in [0.1, 0.15) is 0 Å². The summed E-state index contributed by atoms with van der Waals surface area (Å²) in [5.41, 5.74) is 6.68. The maximum atomic E-state index is 12.5. The predicted molar refractivity (Wildman–Crippen MR) is 99.1 cm³/mol. The quantitative estimate of drug-likeness (QED) is 0.879. The van der Waals surface area contributed by atoms with Crippen LogP contribution < -0.4 is 11.3 Å². The zero-order valence-electron chi connectivity index (χ0n) is 13.6. The number of hydrogen-bond donors (Lipinski definition) is 1. The zero-order chi connectivity index (χ0) is 17.0. The van der Waals surface area contributed by atoms with Crippen LogP contribution in [0.2, 0.25) is 5.02 Å². The predicted octanol–water partition coefficient (Wildman–Crippen LogP) is 2.39. The fourth-order valence-corrected chi connectivity index (χ4v) is 2.35. The molecular weight excluding hydrogens is 349 g/mol. The molecule has 24 heavy (non-hydrogen) atoms. The number of halogens is 2. The van der Waals surface area contributed by atoms with Crippen LogP contribution in [0.5, 0.6) is 0 Å². The lowest BCUT2D eigenvalue weighted by atomic mass is 10.2. The van der Waals surface area contributed by atoms with Crippen molar-refractivity contribution < 1.29 is 4.79 Å². The third-order valence-corrected chi connectivity index (χ3v) is 4.22. The van der Waals surface area contributed by atoms with Gasteiger partial charge in [-0.1, -0.05) is 29.8 Å². The van der Waals surface area contributed by atoms with Crippen molar-refractivity contribution in [1.82, 2.24) is 9.47 Å². The maximum absolute atomic E-state index is 12.5. The lowest BCUT2D eigenvalue weighted by molar-refractivity contribution is 0.0747. The number of hydrogen-bond acceptors (Lipinski definition) is 3. The highest BCUT2D eigenvalue weighted by molar-refractivity contribution is 6.31. The van der Waals surface area contributed by atoms with Crippen molar-refractivity contribution >= 4 is 29.9 Å². The molecule has 2 N–H and O–H groups in total. The summed E-state index contributed by atoms with van der Waals surface area (Å²) in [5.74, 6) is -0.171. The molecular formula is C17H21Cl2N3O2. The first-order valence-corrected chi connectivity index (χ1v) is 7.73. The Labute approximate surface area is 152 Å². The molecule has 0 aliphatic carbocycles. The van der Waals surface area contributed by atoms with E-state index in [9.17, 15) is 9.59 Å². The number of amides is 1. The second-order valence-electron chi connectivity index (χ2n) is 5.48. The largest absolute Gasteiger partial charge is 0.338 e. The van der Waals surface area contributed by atoms with Gasteiger partial charge in [-0.2, -0.15) is 0 Å². The minimum Gasteiger partial charge on any atom is -0.338 e. The van der Waals surface area contributed by atoms with Gasteiger partial charge in [0.05, 0.1) is 12.1 Å². The van der Waals surface area contributed by atoms with Crippen LogP contribution in [0.1, 0.15) is 22.8 Å². The van der Waals surface area contributed by atoms with Crippen molar-refractivity contribution in [1.29, 1.82) is 0 Å². The summed E-state index contributed by atoms with van der Waals surface area (Å²) in [4.78, 5) is 26.1. The Balaban J connectivity index is 0.00000288. The molecule has 5 nitrogen and oxygen atoms in total. The van der Waals surface area contributed by atoms with Gasteiger partial charge in [0.15, 0.2) is 0 Å². The minimum absolute atomic E-state index is 0. The van der Waals surface area contributed by atoms with E-state index in [1.165, 1.54) is 16.7 Å². The van der Waals surface area contributed by atoms with Crippen LogP contribution in [0.3, 0.4) is 0 Å². The number of nitrogens with zero attached hydrogens (tertiary/aromatic N) is 2. The number of nitrogens with two attached hydrogens (primary N) is 1. The zero-order valence-corrected chi connectivity index (χ0v) is 15.2. The molecule has 1 aromatic heterocycles. The van der Waals surface area contributed by atoms with Crippen molar-refractivity contribution in [3.63, 3.8) is 0 Å². The Morgan fingerprint density at radius 2 is 1.96 bits per heavy atom. The summed E-state index contributed by atoms with van der Waals surface area (Å²) in [6, 6.07) is 10.2. The van der Waals surface area contributed by atoms with Gasteiger partial charge < -0.3 is 15.2 Å². The first-order chi connectivity index (χ1) is 10.9. The van der Waals surface area contributed by atoms with Crippen molar-refractivity contribution in [2.45, 2.75) is 19.5 Å². The Morgan fingerprint density at radius 3 is 2.58 bits per heavy atom. The monoisotopic (exact) mass is 369 g/mol. The molecule has 1 atom stereocenters. The van der Waals surface area contributed by atoms with Crippen molar-refractivity contribution in [2.24, 2.45) is 5.73 Å². The average Bonchev–Trinajstić information content (AvgIpc) is 2.56. The lowest BCUT2D eigenvalue weighted by Gasteiger charge is -2.23. The van der Waals surface area contributed by atoms with E-state index in [1.807, 2.05) is 25.1 Å². The SMILES string of the molecule is CC(CN)N(C)C(=O)c1ccc(=O)n(Cc2ccccc2Cl)c1.Cl. The molecule has 0 fully saturated rings. The molecule has 1 aromatic carbocycles. The molecule has 1 heterocycles. The van der Waals surface area contributed by atoms with Crippen molar-refractivity contribution in [3.05, 3.63) is 69.1 Å². The third-order valence-electron chi connectivity index (χ3n) is 3.85. The van der Waals surface area contributed by atoms with E-state index in [2.05, 4.69) is 0 Å². The van der Waals surface area contributed by atoms with Crippen LogP contribution in [0.15, 0.2) is 47.4 Å². The Hall–Kier alpha value is -1.82. The third kappa shape index (κ3) is 4.60. The first kappa shape index (κ1) is 20.2. The Bertz CT molecular complexity index is 761. The number of rotatable bonds is 5. The Morgan fingerprint density at radius 1 is 1.29 bits per heavy atom. The van der Waals surface area contributed by atoms with Crippen LogP contribution >= 0.6 is 24.0 Å². The lowest BCUT2D eigenvalue weighted by Crippen LogP contribution is -2.40. The maximum Gasteiger partial charge on any atom is 0.255 e. The van der Waals surface area contributed by atoms with Gasteiger partial charge in [0.2, 0.25) is 0 Å². The highest BCUT2D eigenvalue weighted by Crippen LogP contribution is 2.16. The molecule has 2 aromatic rings. The molecule has 7 heteroatoms. The van der Waals surface area contributed by atoms with E-state index in [-0.39, 0.29) is 29.9 Å². The number of pyridine rings is 1. The van der Waals surface area contributed by atoms with Gasteiger partial charge in [-0.3, -0.25) is 9.59 Å². The van der Waals surface area contributed by atoms with E-state index in [1.54, 1.807) is 24.2 Å². The summed E-state index contributed by atoms with van der Waals surface area (Å²) in [7, 11) is 1.70. The van der Waals surface area contributed by atoms with Crippen LogP contribution in [0.4, 0.5) is 0 Å². The van der Waals surface area contributed by atoms with E-state index in [0.29, 0.717) is 23.7 Å². The molecule has 1 amide bonds. The molecule has 2 rings (SSSR count). The fourth-order valence-electron chi connectivity index (χ4n) is 2.15. The van der Waals surface area contributed by atoms with E-state index >= 15 is 0 Å². The normalized spacial score (nSPS) is 11.5. The van der Waals surface area contributed by atoms with Gasteiger partial charge in [0.25, 0.3) is 11.5 Å². The number of carbonyl (C=O) groups is 1. The summed E-state index contributed by atoms with van der Waals surface area (Å²) in [6.45, 7) is 2.56. The highest BCUT2D eigenvalue weighted by Gasteiger charge is 2.17. The summed E-state index contributed by atoms with van der Waals surface area (Å²) in [6.07, 6.45) is 1.56. The molecule has 0 spiro atoms. The van der Waals surface area contributed by atoms with Crippen LogP contribution in [0.25, 0.3) is 0 Å². The summed E-state index contributed by atoms with van der Waals surface area (Å²) < 4.78 is 1.48. The van der Waals surface area contributed by atoms with Gasteiger partial charge in [-0.25, -0.2) is 0 Å². The number of likely N-dealkylation sites (N-methyl/N-ethyl adjacent to an activating group) is 1. The van der Waals surface area contributed by atoms with Crippen molar-refractivity contribution in [2.75, 3.05) is 13.6 Å².